The van der Waals surface area contributed by atoms with E-state index in [9.17, 15) is 14.4 Å². The predicted molar refractivity (Wildman–Crippen MR) is 113 cm³/mol. The molecule has 1 aromatic carbocycles. The molecule has 0 aliphatic heterocycles. The van der Waals surface area contributed by atoms with Crippen molar-refractivity contribution < 1.29 is 4.79 Å². The Morgan fingerprint density at radius 3 is 2.64 bits per heavy atom. The molecule has 6 nitrogen and oxygen atoms in total. The second-order valence-corrected chi connectivity index (χ2v) is 8.33. The van der Waals surface area contributed by atoms with Crippen molar-refractivity contribution in [2.75, 3.05) is 0 Å². The number of hydrogen-bond acceptors (Lipinski definition) is 4. The van der Waals surface area contributed by atoms with E-state index in [1.807, 2.05) is 32.0 Å². The Labute approximate surface area is 171 Å². The van der Waals surface area contributed by atoms with Crippen LogP contribution in [0.25, 0.3) is 10.2 Å². The molecular weight excluding hydrogens is 398 g/mol. The maximum absolute atomic E-state index is 12.9. The lowest BCUT2D eigenvalue weighted by Crippen LogP contribution is -2.42. The molecule has 0 spiro atoms. The number of aromatic nitrogens is 2. The maximum Gasteiger partial charge on any atom is 0.332 e. The Hall–Kier alpha value is -2.38. The third-order valence-corrected chi connectivity index (χ3v) is 5.76. The fraction of sp³-hybridized carbons (Fsp3) is 0.350. The summed E-state index contributed by atoms with van der Waals surface area (Å²) in [6.07, 6.45) is 0.713. The molecule has 0 bridgehead atoms. The number of amides is 1. The Morgan fingerprint density at radius 2 is 1.93 bits per heavy atom. The van der Waals surface area contributed by atoms with Gasteiger partial charge in [0.05, 0.1) is 5.52 Å². The first kappa shape index (κ1) is 20.4. The third-order valence-electron chi connectivity index (χ3n) is 4.50. The van der Waals surface area contributed by atoms with Gasteiger partial charge in [0.25, 0.3) is 5.56 Å². The van der Waals surface area contributed by atoms with Crippen LogP contribution in [0.5, 0.6) is 0 Å². The molecule has 3 aromatic rings. The van der Waals surface area contributed by atoms with Gasteiger partial charge in [-0.25, -0.2) is 4.79 Å². The topological polar surface area (TPSA) is 73.1 Å². The van der Waals surface area contributed by atoms with Gasteiger partial charge >= 0.3 is 5.69 Å². The molecule has 0 unspecified atom stereocenters. The van der Waals surface area contributed by atoms with E-state index < -0.39 is 5.69 Å². The minimum absolute atomic E-state index is 0.154. The molecule has 0 aliphatic rings. The summed E-state index contributed by atoms with van der Waals surface area (Å²) >= 11 is 7.39. The summed E-state index contributed by atoms with van der Waals surface area (Å²) in [5, 5.41) is 5.12. The number of rotatable bonds is 7. The molecule has 3 rings (SSSR count). The van der Waals surface area contributed by atoms with Crippen LogP contribution in [0.4, 0.5) is 0 Å². The van der Waals surface area contributed by atoms with E-state index in [1.54, 1.807) is 17.5 Å². The molecule has 0 saturated heterocycles. The number of hydrogen-bond donors (Lipinski definition) is 1. The van der Waals surface area contributed by atoms with Crippen molar-refractivity contribution in [2.24, 2.45) is 5.92 Å². The van der Waals surface area contributed by atoms with Gasteiger partial charge in [0.15, 0.2) is 0 Å². The van der Waals surface area contributed by atoms with Gasteiger partial charge in [-0.2, -0.15) is 0 Å². The summed E-state index contributed by atoms with van der Waals surface area (Å²) in [5.41, 5.74) is 0.550. The zero-order valence-electron chi connectivity index (χ0n) is 15.8. The zero-order chi connectivity index (χ0) is 20.3. The first-order chi connectivity index (χ1) is 13.4. The molecule has 0 atom stereocenters. The lowest BCUT2D eigenvalue weighted by Gasteiger charge is -2.13. The van der Waals surface area contributed by atoms with E-state index in [4.69, 9.17) is 11.6 Å². The summed E-state index contributed by atoms with van der Waals surface area (Å²) in [4.78, 5) is 38.0. The molecular formula is C20H22ClN3O3S. The fourth-order valence-corrected chi connectivity index (χ4v) is 3.95. The van der Waals surface area contributed by atoms with Crippen molar-refractivity contribution >= 4 is 39.1 Å². The molecule has 148 valence electrons. The Bertz CT molecular complexity index is 1110. The number of carbonyl (C=O) groups is 1. The Morgan fingerprint density at radius 1 is 1.18 bits per heavy atom. The minimum Gasteiger partial charge on any atom is -0.350 e. The molecule has 0 aliphatic carbocycles. The summed E-state index contributed by atoms with van der Waals surface area (Å²) in [7, 11) is 0. The highest BCUT2D eigenvalue weighted by Crippen LogP contribution is 2.16. The van der Waals surface area contributed by atoms with E-state index in [0.29, 0.717) is 34.1 Å². The van der Waals surface area contributed by atoms with Crippen molar-refractivity contribution in [3.05, 3.63) is 67.1 Å². The monoisotopic (exact) mass is 419 g/mol. The van der Waals surface area contributed by atoms with Gasteiger partial charge in [0, 0.05) is 18.1 Å². The van der Waals surface area contributed by atoms with Gasteiger partial charge in [-0.05, 0) is 35.4 Å². The number of nitrogens with one attached hydrogen (secondary N) is 1. The second-order valence-electron chi connectivity index (χ2n) is 7.01. The average molecular weight is 420 g/mol. The van der Waals surface area contributed by atoms with Crippen LogP contribution in [0.15, 0.2) is 45.3 Å². The molecule has 1 amide bonds. The van der Waals surface area contributed by atoms with Crippen LogP contribution in [-0.4, -0.2) is 15.0 Å². The second kappa shape index (κ2) is 8.75. The van der Waals surface area contributed by atoms with Crippen molar-refractivity contribution in [2.45, 2.75) is 39.9 Å². The van der Waals surface area contributed by atoms with E-state index in [0.717, 1.165) is 5.56 Å². The molecule has 0 saturated carbocycles. The summed E-state index contributed by atoms with van der Waals surface area (Å²) in [6.45, 7) is 4.53. The van der Waals surface area contributed by atoms with Gasteiger partial charge in [-0.15, -0.1) is 11.3 Å². The Kier molecular flexibility index (Phi) is 6.36. The number of halogens is 1. The largest absolute Gasteiger partial charge is 0.350 e. The van der Waals surface area contributed by atoms with E-state index in [-0.39, 0.29) is 24.6 Å². The lowest BCUT2D eigenvalue weighted by molar-refractivity contribution is -0.121. The molecule has 0 radical (unpaired) electrons. The summed E-state index contributed by atoms with van der Waals surface area (Å²) in [5.74, 6) is 0.0429. The SMILES string of the molecule is CC(C)CCn1c(=O)c2sccc2n(CC(=O)NCc2ccccc2Cl)c1=O. The molecule has 28 heavy (non-hydrogen) atoms. The van der Waals surface area contributed by atoms with Crippen LogP contribution in [-0.2, 0) is 24.4 Å². The zero-order valence-corrected chi connectivity index (χ0v) is 17.3. The molecule has 0 fully saturated rings. The smallest absolute Gasteiger partial charge is 0.332 e. The number of carbonyl (C=O) groups excluding carboxylic acids is 1. The third kappa shape index (κ3) is 4.36. The van der Waals surface area contributed by atoms with Crippen molar-refractivity contribution in [3.63, 3.8) is 0 Å². The number of benzene rings is 1. The molecule has 8 heteroatoms. The van der Waals surface area contributed by atoms with Gasteiger partial charge in [0.1, 0.15) is 11.2 Å². The highest BCUT2D eigenvalue weighted by atomic mass is 35.5. The van der Waals surface area contributed by atoms with Crippen LogP contribution < -0.4 is 16.6 Å². The normalized spacial score (nSPS) is 11.3. The van der Waals surface area contributed by atoms with Crippen LogP contribution in [0.1, 0.15) is 25.8 Å². The van der Waals surface area contributed by atoms with Crippen LogP contribution in [0.3, 0.4) is 0 Å². The number of nitrogens with zero attached hydrogens (tertiary/aromatic N) is 2. The molecule has 2 heterocycles. The average Bonchev–Trinajstić information content (AvgIpc) is 3.14. The summed E-state index contributed by atoms with van der Waals surface area (Å²) < 4.78 is 3.10. The van der Waals surface area contributed by atoms with E-state index in [2.05, 4.69) is 5.32 Å². The number of thiophene rings is 1. The molecule has 1 N–H and O–H groups in total. The van der Waals surface area contributed by atoms with E-state index in [1.165, 1.54) is 20.5 Å². The van der Waals surface area contributed by atoms with Gasteiger partial charge in [0.2, 0.25) is 5.91 Å². The van der Waals surface area contributed by atoms with Crippen LogP contribution in [0.2, 0.25) is 5.02 Å². The van der Waals surface area contributed by atoms with Gasteiger partial charge in [-0.1, -0.05) is 43.6 Å². The highest BCUT2D eigenvalue weighted by Gasteiger charge is 2.16. The van der Waals surface area contributed by atoms with E-state index >= 15 is 0 Å². The minimum atomic E-state index is -0.454. The Balaban J connectivity index is 1.86. The number of fused-ring (bicyclic) bond motifs is 1. The standard InChI is InChI=1S/C20H22ClN3O3S/c1-13(2)7-9-23-19(26)18-16(8-10-28-18)24(20(23)27)12-17(25)22-11-14-5-3-4-6-15(14)21/h3-6,8,10,13H,7,9,11-12H2,1-2H3,(H,22,25). The summed E-state index contributed by atoms with van der Waals surface area (Å²) in [6, 6.07) is 8.96. The van der Waals surface area contributed by atoms with Crippen molar-refractivity contribution in [3.8, 4) is 0 Å². The van der Waals surface area contributed by atoms with Crippen molar-refractivity contribution in [1.29, 1.82) is 0 Å². The lowest BCUT2D eigenvalue weighted by atomic mass is 10.1. The fourth-order valence-electron chi connectivity index (χ4n) is 2.91. The van der Waals surface area contributed by atoms with Crippen LogP contribution in [0, 0.1) is 5.92 Å². The predicted octanol–water partition coefficient (Wildman–Crippen LogP) is 3.24. The quantitative estimate of drug-likeness (QED) is 0.638. The molecule has 2 aromatic heterocycles. The van der Waals surface area contributed by atoms with Crippen LogP contribution >= 0.6 is 22.9 Å². The first-order valence-electron chi connectivity index (χ1n) is 9.09. The maximum atomic E-state index is 12.9. The van der Waals surface area contributed by atoms with Gasteiger partial charge < -0.3 is 5.32 Å². The first-order valence-corrected chi connectivity index (χ1v) is 10.3. The van der Waals surface area contributed by atoms with Crippen molar-refractivity contribution in [1.82, 2.24) is 14.5 Å². The van der Waals surface area contributed by atoms with Gasteiger partial charge in [-0.3, -0.25) is 18.7 Å². The highest BCUT2D eigenvalue weighted by molar-refractivity contribution is 7.17.